The summed E-state index contributed by atoms with van der Waals surface area (Å²) in [7, 11) is -2.30. The maximum atomic E-state index is 10.8. The Labute approximate surface area is 72.4 Å². The lowest BCUT2D eigenvalue weighted by atomic mass is 10.6. The summed E-state index contributed by atoms with van der Waals surface area (Å²) < 4.78 is 19.9. The third-order valence-electron chi connectivity index (χ3n) is 0.934. The second-order valence-corrected chi connectivity index (χ2v) is 2.96. The molecule has 0 heterocycles. The van der Waals surface area contributed by atoms with Gasteiger partial charge in [0.25, 0.3) is 0 Å². The van der Waals surface area contributed by atoms with E-state index in [9.17, 15) is 9.36 Å². The first kappa shape index (κ1) is 11.3. The van der Waals surface area contributed by atoms with Crippen molar-refractivity contribution in [1.29, 1.82) is 0 Å². The van der Waals surface area contributed by atoms with E-state index in [4.69, 9.17) is 0 Å². The van der Waals surface area contributed by atoms with Crippen LogP contribution in [0.15, 0.2) is 12.2 Å². The standard InChI is InChI=1S/C7H12O4P/c1-3-5-6-10-7(8)12(9)11-4-2/h3,5H,4,6H2,1-2H3/q+1/b5-3-. The summed E-state index contributed by atoms with van der Waals surface area (Å²) in [5.74, 6) is 0. The zero-order valence-electron chi connectivity index (χ0n) is 7.15. The highest BCUT2D eigenvalue weighted by Gasteiger charge is 2.32. The molecule has 1 unspecified atom stereocenters. The largest absolute Gasteiger partial charge is 0.636 e. The molecule has 0 aliphatic rings. The molecule has 68 valence electrons. The fraction of sp³-hybridized carbons (Fsp3) is 0.571. The summed E-state index contributed by atoms with van der Waals surface area (Å²) in [6.07, 6.45) is 3.38. The number of carbonyl (C=O) groups is 1. The average Bonchev–Trinajstić information content (AvgIpc) is 2.05. The predicted octanol–water partition coefficient (Wildman–Crippen LogP) is 2.48. The molecule has 0 saturated carbocycles. The molecule has 0 spiro atoms. The van der Waals surface area contributed by atoms with Gasteiger partial charge in [-0.15, -0.1) is 4.52 Å². The van der Waals surface area contributed by atoms with Gasteiger partial charge in [0.2, 0.25) is 0 Å². The van der Waals surface area contributed by atoms with Crippen molar-refractivity contribution in [3.05, 3.63) is 12.2 Å². The second kappa shape index (κ2) is 6.95. The highest BCUT2D eigenvalue weighted by molar-refractivity contribution is 7.58. The van der Waals surface area contributed by atoms with Crippen LogP contribution in [0, 0.1) is 0 Å². The molecule has 0 aliphatic heterocycles. The molecule has 0 saturated heterocycles. The molecule has 4 nitrogen and oxygen atoms in total. The van der Waals surface area contributed by atoms with Gasteiger partial charge in [-0.3, -0.25) is 0 Å². The molecular formula is C7H12O4P+. The van der Waals surface area contributed by atoms with Gasteiger partial charge in [-0.2, -0.15) is 4.79 Å². The molecule has 0 radical (unpaired) electrons. The SMILES string of the molecule is C/C=C\COC(=O)[P+](=O)OCC. The molecule has 12 heavy (non-hydrogen) atoms. The van der Waals surface area contributed by atoms with E-state index >= 15 is 0 Å². The first-order valence-electron chi connectivity index (χ1n) is 3.60. The number of allylic oxidation sites excluding steroid dienone is 1. The van der Waals surface area contributed by atoms with Crippen molar-refractivity contribution in [3.8, 4) is 0 Å². The zero-order chi connectivity index (χ0) is 9.40. The molecule has 0 N–H and O–H groups in total. The molecule has 0 aromatic carbocycles. The third kappa shape index (κ3) is 4.99. The van der Waals surface area contributed by atoms with Crippen LogP contribution in [0.3, 0.4) is 0 Å². The summed E-state index contributed by atoms with van der Waals surface area (Å²) in [6.45, 7) is 3.85. The van der Waals surface area contributed by atoms with Crippen molar-refractivity contribution in [2.24, 2.45) is 0 Å². The van der Waals surface area contributed by atoms with Gasteiger partial charge in [0.05, 0.1) is 0 Å². The van der Waals surface area contributed by atoms with E-state index in [-0.39, 0.29) is 13.2 Å². The van der Waals surface area contributed by atoms with Crippen molar-refractivity contribution in [2.45, 2.75) is 13.8 Å². The summed E-state index contributed by atoms with van der Waals surface area (Å²) in [4.78, 5) is 10.7. The molecular weight excluding hydrogens is 179 g/mol. The monoisotopic (exact) mass is 191 g/mol. The lowest BCUT2D eigenvalue weighted by Crippen LogP contribution is -1.98. The Morgan fingerprint density at radius 3 is 2.75 bits per heavy atom. The maximum Gasteiger partial charge on any atom is 0.636 e. The number of carbonyl (C=O) groups excluding carboxylic acids is 1. The number of hydrogen-bond donors (Lipinski definition) is 0. The Bertz CT molecular complexity index is 188. The van der Waals surface area contributed by atoms with Gasteiger partial charge in [0.1, 0.15) is 13.2 Å². The molecule has 1 atom stereocenters. The number of rotatable bonds is 5. The first-order chi connectivity index (χ1) is 5.72. The van der Waals surface area contributed by atoms with Crippen LogP contribution < -0.4 is 0 Å². The van der Waals surface area contributed by atoms with E-state index in [0.29, 0.717) is 0 Å². The lowest BCUT2D eigenvalue weighted by Gasteiger charge is -1.89. The van der Waals surface area contributed by atoms with E-state index in [1.165, 1.54) is 0 Å². The quantitative estimate of drug-likeness (QED) is 0.494. The van der Waals surface area contributed by atoms with Crippen molar-refractivity contribution < 1.29 is 18.6 Å². The van der Waals surface area contributed by atoms with Crippen LogP contribution in [-0.4, -0.2) is 18.9 Å². The minimum absolute atomic E-state index is 0.142. The predicted molar refractivity (Wildman–Crippen MR) is 45.4 cm³/mol. The summed E-state index contributed by atoms with van der Waals surface area (Å²) in [6, 6.07) is 0. The normalized spacial score (nSPS) is 11.7. The summed E-state index contributed by atoms with van der Waals surface area (Å²) in [5, 5.41) is 0. The van der Waals surface area contributed by atoms with Gasteiger partial charge in [-0.05, 0) is 18.4 Å². The maximum absolute atomic E-state index is 10.8. The van der Waals surface area contributed by atoms with Crippen LogP contribution in [0.5, 0.6) is 0 Å². The molecule has 0 rings (SSSR count). The molecule has 0 aromatic heterocycles. The van der Waals surface area contributed by atoms with Gasteiger partial charge in [0, 0.05) is 0 Å². The first-order valence-corrected chi connectivity index (χ1v) is 4.78. The highest BCUT2D eigenvalue weighted by atomic mass is 31.1. The highest BCUT2D eigenvalue weighted by Crippen LogP contribution is 2.24. The fourth-order valence-electron chi connectivity index (χ4n) is 0.438. The molecule has 0 aromatic rings. The van der Waals surface area contributed by atoms with Crippen molar-refractivity contribution >= 4 is 13.7 Å². The Balaban J connectivity index is 3.64. The fourth-order valence-corrected chi connectivity index (χ4v) is 0.958. The minimum atomic E-state index is -2.30. The van der Waals surface area contributed by atoms with Gasteiger partial charge < -0.3 is 4.74 Å². The van der Waals surface area contributed by atoms with Gasteiger partial charge >= 0.3 is 13.7 Å². The minimum Gasteiger partial charge on any atom is -0.421 e. The van der Waals surface area contributed by atoms with Crippen molar-refractivity contribution in [1.82, 2.24) is 0 Å². The zero-order valence-corrected chi connectivity index (χ0v) is 8.04. The molecule has 0 bridgehead atoms. The van der Waals surface area contributed by atoms with E-state index in [1.54, 1.807) is 26.0 Å². The van der Waals surface area contributed by atoms with Crippen molar-refractivity contribution in [2.75, 3.05) is 13.2 Å². The topological polar surface area (TPSA) is 52.6 Å². The van der Waals surface area contributed by atoms with E-state index in [1.807, 2.05) is 0 Å². The Morgan fingerprint density at radius 1 is 1.58 bits per heavy atom. The Morgan fingerprint density at radius 2 is 2.25 bits per heavy atom. The Kier molecular flexibility index (Phi) is 6.53. The van der Waals surface area contributed by atoms with Gasteiger partial charge in [0.15, 0.2) is 0 Å². The second-order valence-electron chi connectivity index (χ2n) is 1.82. The van der Waals surface area contributed by atoms with Crippen LogP contribution >= 0.6 is 8.03 Å². The van der Waals surface area contributed by atoms with Crippen molar-refractivity contribution in [3.63, 3.8) is 0 Å². The average molecular weight is 191 g/mol. The van der Waals surface area contributed by atoms with E-state index < -0.39 is 13.7 Å². The van der Waals surface area contributed by atoms with Crippen LogP contribution in [-0.2, 0) is 13.8 Å². The van der Waals surface area contributed by atoms with Crippen LogP contribution in [0.2, 0.25) is 0 Å². The number of hydrogen-bond acceptors (Lipinski definition) is 4. The Hall–Kier alpha value is -0.730. The molecule has 5 heteroatoms. The van der Waals surface area contributed by atoms with Gasteiger partial charge in [-0.1, -0.05) is 12.2 Å². The van der Waals surface area contributed by atoms with Crippen LogP contribution in [0.25, 0.3) is 0 Å². The van der Waals surface area contributed by atoms with Crippen LogP contribution in [0.4, 0.5) is 4.79 Å². The van der Waals surface area contributed by atoms with Gasteiger partial charge in [-0.25, -0.2) is 0 Å². The van der Waals surface area contributed by atoms with E-state index in [2.05, 4.69) is 9.26 Å². The van der Waals surface area contributed by atoms with E-state index in [0.717, 1.165) is 0 Å². The summed E-state index contributed by atoms with van der Waals surface area (Å²) in [5.41, 5.74) is -0.801. The molecule has 0 amide bonds. The summed E-state index contributed by atoms with van der Waals surface area (Å²) >= 11 is 0. The molecule has 0 fully saturated rings. The number of ether oxygens (including phenoxy) is 1. The lowest BCUT2D eigenvalue weighted by molar-refractivity contribution is 0.179. The van der Waals surface area contributed by atoms with Crippen LogP contribution in [0.1, 0.15) is 13.8 Å². The third-order valence-corrected chi connectivity index (χ3v) is 1.85. The molecule has 0 aliphatic carbocycles. The smallest absolute Gasteiger partial charge is 0.421 e.